The maximum absolute atomic E-state index is 6.34. The molecule has 11 heteroatoms. The van der Waals surface area contributed by atoms with Crippen molar-refractivity contribution in [3.63, 3.8) is 0 Å². The minimum Gasteiger partial charge on any atom is -0.497 e. The van der Waals surface area contributed by atoms with Crippen LogP contribution < -0.4 is 9.47 Å². The smallest absolute Gasteiger partial charge is 0.140 e. The van der Waals surface area contributed by atoms with Crippen LogP contribution in [0.15, 0.2) is 170 Å². The molecular formula is C55H39Cl3N6O2. The van der Waals surface area contributed by atoms with Crippen molar-refractivity contribution in [3.8, 4) is 33.8 Å². The SMILES string of the molecule is COc1ccc(-c2ccc3[nH]c4nc(Cl)ccc4c3c2)cc1.COc1ccc(-c2ccc3[nH]c4nccc(Cl)c4c3c2)cc1.Clc1cnc2[nH]c3ccc(C=Cc4ccccc4)cc3c2c1. The van der Waals surface area contributed by atoms with Crippen LogP contribution in [0.1, 0.15) is 11.1 Å². The summed E-state index contributed by atoms with van der Waals surface area (Å²) in [6.07, 6.45) is 7.60. The molecule has 0 aliphatic rings. The van der Waals surface area contributed by atoms with Crippen molar-refractivity contribution in [3.05, 3.63) is 196 Å². The molecule has 0 bridgehead atoms. The van der Waals surface area contributed by atoms with Crippen molar-refractivity contribution in [2.24, 2.45) is 0 Å². The molecule has 0 amide bonds. The Kier molecular flexibility index (Phi) is 11.8. The normalized spacial score (nSPS) is 11.3. The van der Waals surface area contributed by atoms with E-state index in [0.29, 0.717) is 15.2 Å². The van der Waals surface area contributed by atoms with Gasteiger partial charge in [-0.1, -0.05) is 120 Å². The Balaban J connectivity index is 0.000000116. The van der Waals surface area contributed by atoms with E-state index in [0.717, 1.165) is 105 Å². The van der Waals surface area contributed by atoms with Crippen LogP contribution in [0.25, 0.3) is 100 Å². The van der Waals surface area contributed by atoms with Gasteiger partial charge in [0.25, 0.3) is 0 Å². The predicted molar refractivity (Wildman–Crippen MR) is 275 cm³/mol. The van der Waals surface area contributed by atoms with E-state index in [-0.39, 0.29) is 0 Å². The molecule has 66 heavy (non-hydrogen) atoms. The lowest BCUT2D eigenvalue weighted by molar-refractivity contribution is 0.415. The van der Waals surface area contributed by atoms with E-state index < -0.39 is 0 Å². The number of aromatic amines is 3. The summed E-state index contributed by atoms with van der Waals surface area (Å²) < 4.78 is 10.4. The van der Waals surface area contributed by atoms with Crippen LogP contribution in [0.4, 0.5) is 0 Å². The van der Waals surface area contributed by atoms with E-state index in [1.54, 1.807) is 26.6 Å². The topological polar surface area (TPSA) is 104 Å². The average molecular weight is 922 g/mol. The average Bonchev–Trinajstić information content (AvgIpc) is 4.04. The summed E-state index contributed by atoms with van der Waals surface area (Å²) in [5.74, 6) is 1.71. The molecule has 0 aliphatic carbocycles. The first-order chi connectivity index (χ1) is 32.3. The van der Waals surface area contributed by atoms with Gasteiger partial charge >= 0.3 is 0 Å². The summed E-state index contributed by atoms with van der Waals surface area (Å²) in [7, 11) is 3.34. The first-order valence-electron chi connectivity index (χ1n) is 21.0. The fourth-order valence-corrected chi connectivity index (χ4v) is 8.63. The van der Waals surface area contributed by atoms with E-state index in [9.17, 15) is 0 Å². The summed E-state index contributed by atoms with van der Waals surface area (Å²) in [6, 6.07) is 52.9. The fraction of sp³-hybridized carbons (Fsp3) is 0.0364. The molecule has 0 spiro atoms. The lowest BCUT2D eigenvalue weighted by Gasteiger charge is -2.04. The van der Waals surface area contributed by atoms with Crippen LogP contribution in [-0.4, -0.2) is 44.1 Å². The second-order valence-corrected chi connectivity index (χ2v) is 16.7. The van der Waals surface area contributed by atoms with E-state index in [1.165, 1.54) is 5.56 Å². The van der Waals surface area contributed by atoms with Crippen LogP contribution in [0.3, 0.4) is 0 Å². The van der Waals surface area contributed by atoms with Crippen molar-refractivity contribution in [1.29, 1.82) is 0 Å². The van der Waals surface area contributed by atoms with Crippen LogP contribution in [-0.2, 0) is 0 Å². The highest BCUT2D eigenvalue weighted by Crippen LogP contribution is 2.35. The number of halogens is 3. The summed E-state index contributed by atoms with van der Waals surface area (Å²) in [4.78, 5) is 22.9. The monoisotopic (exact) mass is 920 g/mol. The van der Waals surface area contributed by atoms with Gasteiger partial charge in [0.05, 0.1) is 24.3 Å². The van der Waals surface area contributed by atoms with Gasteiger partial charge in [0, 0.05) is 61.3 Å². The molecule has 6 heterocycles. The van der Waals surface area contributed by atoms with Crippen LogP contribution in [0.5, 0.6) is 11.5 Å². The van der Waals surface area contributed by atoms with Gasteiger partial charge in [-0.25, -0.2) is 15.0 Å². The van der Waals surface area contributed by atoms with Gasteiger partial charge in [-0.05, 0) is 118 Å². The van der Waals surface area contributed by atoms with Crippen molar-refractivity contribution < 1.29 is 9.47 Å². The first-order valence-corrected chi connectivity index (χ1v) is 22.2. The number of pyridine rings is 3. The molecule has 0 atom stereocenters. The molecule has 6 aromatic carbocycles. The van der Waals surface area contributed by atoms with Gasteiger partial charge in [0.2, 0.25) is 0 Å². The van der Waals surface area contributed by atoms with E-state index in [1.807, 2.05) is 66.7 Å². The number of benzene rings is 6. The summed E-state index contributed by atoms with van der Waals surface area (Å²) in [6.45, 7) is 0. The molecule has 0 radical (unpaired) electrons. The summed E-state index contributed by atoms with van der Waals surface area (Å²) >= 11 is 18.4. The molecular weight excluding hydrogens is 883 g/mol. The third kappa shape index (κ3) is 8.77. The minimum absolute atomic E-state index is 0.495. The molecule has 12 rings (SSSR count). The van der Waals surface area contributed by atoms with Crippen molar-refractivity contribution in [1.82, 2.24) is 29.9 Å². The van der Waals surface area contributed by atoms with Crippen LogP contribution >= 0.6 is 34.8 Å². The van der Waals surface area contributed by atoms with Crippen molar-refractivity contribution in [2.75, 3.05) is 14.2 Å². The third-order valence-corrected chi connectivity index (χ3v) is 12.2. The zero-order chi connectivity index (χ0) is 45.1. The number of methoxy groups -OCH3 is 2. The Bertz CT molecular complexity index is 3710. The zero-order valence-electron chi connectivity index (χ0n) is 35.6. The summed E-state index contributed by atoms with van der Waals surface area (Å²) in [5.41, 5.74) is 12.6. The Labute approximate surface area is 394 Å². The van der Waals surface area contributed by atoms with Crippen molar-refractivity contribution in [2.45, 2.75) is 0 Å². The van der Waals surface area contributed by atoms with E-state index in [4.69, 9.17) is 44.3 Å². The largest absolute Gasteiger partial charge is 0.497 e. The maximum Gasteiger partial charge on any atom is 0.140 e. The molecule has 322 valence electrons. The minimum atomic E-state index is 0.495. The van der Waals surface area contributed by atoms with E-state index >= 15 is 0 Å². The number of hydrogen-bond acceptors (Lipinski definition) is 5. The Morgan fingerprint density at radius 3 is 1.71 bits per heavy atom. The standard InChI is InChI=1S/C19H13ClN2.2C18H13ClN2O/c20-15-11-17-16-10-14(7-6-13-4-2-1-3-5-13)8-9-18(16)22-19(17)21-12-15;1-22-13-5-2-11(3-6-13)12-4-8-16-15(10-12)14-7-9-17(19)21-18(14)20-16;1-22-13-5-2-11(3-6-13)12-4-7-16-14(10-12)17-15(19)8-9-20-18(17)21-16/h1-12H,(H,21,22);2*2-10H,1H3,(H,20,21). The Morgan fingerprint density at radius 2 is 1.03 bits per heavy atom. The molecule has 0 aliphatic heterocycles. The molecule has 6 aromatic heterocycles. The van der Waals surface area contributed by atoms with Crippen molar-refractivity contribution >= 4 is 113 Å². The summed E-state index contributed by atoms with van der Waals surface area (Å²) in [5, 5.41) is 8.33. The van der Waals surface area contributed by atoms with Gasteiger partial charge in [0.15, 0.2) is 0 Å². The highest BCUT2D eigenvalue weighted by atomic mass is 35.5. The number of ether oxygens (including phenoxy) is 2. The number of H-pyrrole nitrogens is 3. The molecule has 8 nitrogen and oxygen atoms in total. The third-order valence-electron chi connectivity index (χ3n) is 11.4. The van der Waals surface area contributed by atoms with E-state index in [2.05, 4.69) is 133 Å². The Morgan fingerprint density at radius 1 is 0.455 bits per heavy atom. The van der Waals surface area contributed by atoms with Gasteiger partial charge in [-0.3, -0.25) is 0 Å². The second-order valence-electron chi connectivity index (χ2n) is 15.5. The number of rotatable bonds is 6. The number of nitrogens with zero attached hydrogens (tertiary/aromatic N) is 3. The Hall–Kier alpha value is -7.62. The molecule has 0 saturated carbocycles. The van der Waals surface area contributed by atoms with Gasteiger partial charge in [-0.15, -0.1) is 0 Å². The first kappa shape index (κ1) is 42.3. The van der Waals surface area contributed by atoms with Crippen LogP contribution in [0.2, 0.25) is 15.2 Å². The molecule has 0 unspecified atom stereocenters. The fourth-order valence-electron chi connectivity index (χ4n) is 8.08. The predicted octanol–water partition coefficient (Wildman–Crippen LogP) is 15.6. The highest BCUT2D eigenvalue weighted by molar-refractivity contribution is 6.37. The zero-order valence-corrected chi connectivity index (χ0v) is 37.9. The second kappa shape index (κ2) is 18.5. The number of fused-ring (bicyclic) bond motifs is 9. The lowest BCUT2D eigenvalue weighted by Crippen LogP contribution is -1.82. The molecule has 0 fully saturated rings. The van der Waals surface area contributed by atoms with Gasteiger partial charge in [-0.2, -0.15) is 0 Å². The highest BCUT2D eigenvalue weighted by Gasteiger charge is 2.11. The molecule has 12 aromatic rings. The molecule has 3 N–H and O–H groups in total. The van der Waals surface area contributed by atoms with Gasteiger partial charge < -0.3 is 24.4 Å². The van der Waals surface area contributed by atoms with Crippen LogP contribution in [0, 0.1) is 0 Å². The van der Waals surface area contributed by atoms with Gasteiger partial charge in [0.1, 0.15) is 33.6 Å². The molecule has 0 saturated heterocycles. The quantitative estimate of drug-likeness (QED) is 0.114. The lowest BCUT2D eigenvalue weighted by atomic mass is 10.0. The number of aromatic nitrogens is 6. The number of nitrogens with one attached hydrogen (secondary N) is 3. The number of hydrogen-bond donors (Lipinski definition) is 3. The maximum atomic E-state index is 6.34.